The van der Waals surface area contributed by atoms with Gasteiger partial charge in [0.15, 0.2) is 6.10 Å². The zero-order valence-electron chi connectivity index (χ0n) is 19.1. The van der Waals surface area contributed by atoms with Crippen LogP contribution in [0.25, 0.3) is 0 Å². The number of amides is 1. The molecule has 0 aliphatic carbocycles. The lowest BCUT2D eigenvalue weighted by atomic mass is 9.83. The summed E-state index contributed by atoms with van der Waals surface area (Å²) in [5.74, 6) is 1.88. The van der Waals surface area contributed by atoms with E-state index in [-0.39, 0.29) is 17.6 Å². The molecule has 0 saturated carbocycles. The van der Waals surface area contributed by atoms with Crippen LogP contribution in [0, 0.1) is 6.92 Å². The van der Waals surface area contributed by atoms with Gasteiger partial charge in [0.1, 0.15) is 17.1 Å². The monoisotopic (exact) mass is 409 g/mol. The lowest BCUT2D eigenvalue weighted by Gasteiger charge is -2.42. The molecule has 3 rings (SSSR count). The topological polar surface area (TPSA) is 47.6 Å². The maximum absolute atomic E-state index is 13.1. The molecule has 30 heavy (non-hydrogen) atoms. The Morgan fingerprint density at radius 2 is 1.87 bits per heavy atom. The van der Waals surface area contributed by atoms with Crippen LogP contribution in [-0.4, -0.2) is 17.6 Å². The van der Waals surface area contributed by atoms with Crippen molar-refractivity contribution in [2.24, 2.45) is 0 Å². The molecule has 2 aromatic rings. The SMILES string of the molecule is CCC1(CC)C[C@H](NC(=O)[C@H](C)Oc2cc(C)ccc2C(C)C)c2ccccc2O1. The predicted octanol–water partition coefficient (Wildman–Crippen LogP) is 6.08. The molecule has 4 nitrogen and oxygen atoms in total. The quantitative estimate of drug-likeness (QED) is 0.602. The van der Waals surface area contributed by atoms with Crippen LogP contribution in [0.2, 0.25) is 0 Å². The summed E-state index contributed by atoms with van der Waals surface area (Å²) >= 11 is 0. The molecule has 0 radical (unpaired) electrons. The highest BCUT2D eigenvalue weighted by atomic mass is 16.5. The first-order valence-corrected chi connectivity index (χ1v) is 11.1. The van der Waals surface area contributed by atoms with Crippen molar-refractivity contribution in [2.45, 2.75) is 84.5 Å². The number of carbonyl (C=O) groups is 1. The Hall–Kier alpha value is -2.49. The van der Waals surface area contributed by atoms with Gasteiger partial charge in [-0.3, -0.25) is 4.79 Å². The third-order valence-electron chi connectivity index (χ3n) is 6.27. The van der Waals surface area contributed by atoms with E-state index in [1.807, 2.05) is 44.2 Å². The summed E-state index contributed by atoms with van der Waals surface area (Å²) in [6.45, 7) is 12.4. The lowest BCUT2D eigenvalue weighted by Crippen LogP contribution is -2.47. The number of rotatable bonds is 7. The summed E-state index contributed by atoms with van der Waals surface area (Å²) in [5.41, 5.74) is 3.02. The molecule has 0 bridgehead atoms. The number of fused-ring (bicyclic) bond motifs is 1. The number of hydrogen-bond acceptors (Lipinski definition) is 3. The van der Waals surface area contributed by atoms with Gasteiger partial charge in [0.25, 0.3) is 5.91 Å². The van der Waals surface area contributed by atoms with Crippen LogP contribution in [0.3, 0.4) is 0 Å². The van der Waals surface area contributed by atoms with Crippen LogP contribution in [0.4, 0.5) is 0 Å². The number of benzene rings is 2. The van der Waals surface area contributed by atoms with E-state index in [0.717, 1.165) is 47.5 Å². The first-order chi connectivity index (χ1) is 14.3. The molecule has 1 aliphatic heterocycles. The van der Waals surface area contributed by atoms with Crippen LogP contribution in [0.5, 0.6) is 11.5 Å². The molecule has 1 aliphatic rings. The summed E-state index contributed by atoms with van der Waals surface area (Å²) in [7, 11) is 0. The molecule has 4 heteroatoms. The smallest absolute Gasteiger partial charge is 0.261 e. The summed E-state index contributed by atoms with van der Waals surface area (Å²) in [6.07, 6.45) is 1.98. The van der Waals surface area contributed by atoms with E-state index in [0.29, 0.717) is 5.92 Å². The molecule has 2 aromatic carbocycles. The van der Waals surface area contributed by atoms with Gasteiger partial charge in [0, 0.05) is 12.0 Å². The van der Waals surface area contributed by atoms with Crippen molar-refractivity contribution in [1.29, 1.82) is 0 Å². The average molecular weight is 410 g/mol. The second-order valence-corrected chi connectivity index (χ2v) is 8.75. The van der Waals surface area contributed by atoms with Gasteiger partial charge >= 0.3 is 0 Å². The third kappa shape index (κ3) is 4.63. The van der Waals surface area contributed by atoms with Gasteiger partial charge in [0.05, 0.1) is 6.04 Å². The van der Waals surface area contributed by atoms with E-state index in [2.05, 4.69) is 45.1 Å². The van der Waals surface area contributed by atoms with Crippen molar-refractivity contribution in [2.75, 3.05) is 0 Å². The highest BCUT2D eigenvalue weighted by Crippen LogP contribution is 2.42. The fraction of sp³-hybridized carbons (Fsp3) is 0.500. The van der Waals surface area contributed by atoms with Crippen LogP contribution < -0.4 is 14.8 Å². The standard InChI is InChI=1S/C26H35NO3/c1-7-26(8-2)16-22(21-11-9-10-12-23(21)30-26)27-25(28)19(6)29-24-15-18(5)13-14-20(24)17(3)4/h9-15,17,19,22H,7-8,16H2,1-6H3,(H,27,28)/t19-,22-/m0/s1. The van der Waals surface area contributed by atoms with Gasteiger partial charge in [-0.05, 0) is 55.9 Å². The van der Waals surface area contributed by atoms with E-state index >= 15 is 0 Å². The second kappa shape index (κ2) is 9.11. The Balaban J connectivity index is 1.79. The summed E-state index contributed by atoms with van der Waals surface area (Å²) in [5, 5.41) is 3.24. The van der Waals surface area contributed by atoms with Crippen molar-refractivity contribution in [3.63, 3.8) is 0 Å². The Morgan fingerprint density at radius 1 is 1.17 bits per heavy atom. The van der Waals surface area contributed by atoms with Gasteiger partial charge in [-0.1, -0.05) is 58.0 Å². The van der Waals surface area contributed by atoms with Gasteiger partial charge in [0.2, 0.25) is 0 Å². The molecule has 0 aromatic heterocycles. The highest BCUT2D eigenvalue weighted by molar-refractivity contribution is 5.81. The van der Waals surface area contributed by atoms with Gasteiger partial charge < -0.3 is 14.8 Å². The number of ether oxygens (including phenoxy) is 2. The normalized spacial score (nSPS) is 18.3. The van der Waals surface area contributed by atoms with E-state index in [9.17, 15) is 4.79 Å². The van der Waals surface area contributed by atoms with Crippen LogP contribution in [0.15, 0.2) is 42.5 Å². The van der Waals surface area contributed by atoms with E-state index in [1.54, 1.807) is 0 Å². The van der Waals surface area contributed by atoms with Gasteiger partial charge in [-0.2, -0.15) is 0 Å². The highest BCUT2D eigenvalue weighted by Gasteiger charge is 2.39. The van der Waals surface area contributed by atoms with Gasteiger partial charge in [-0.15, -0.1) is 0 Å². The first-order valence-electron chi connectivity index (χ1n) is 11.1. The molecule has 1 N–H and O–H groups in total. The third-order valence-corrected chi connectivity index (χ3v) is 6.27. The van der Waals surface area contributed by atoms with Crippen molar-refractivity contribution in [3.05, 3.63) is 59.2 Å². The molecule has 0 saturated heterocycles. The number of hydrogen-bond donors (Lipinski definition) is 1. The minimum absolute atomic E-state index is 0.0875. The summed E-state index contributed by atoms with van der Waals surface area (Å²) < 4.78 is 12.5. The fourth-order valence-electron chi connectivity index (χ4n) is 4.18. The Morgan fingerprint density at radius 3 is 2.53 bits per heavy atom. The Bertz CT molecular complexity index is 886. The molecule has 162 valence electrons. The predicted molar refractivity (Wildman–Crippen MR) is 121 cm³/mol. The Labute approximate surface area is 181 Å². The largest absolute Gasteiger partial charge is 0.487 e. The minimum Gasteiger partial charge on any atom is -0.487 e. The zero-order chi connectivity index (χ0) is 21.9. The summed E-state index contributed by atoms with van der Waals surface area (Å²) in [4.78, 5) is 13.1. The molecule has 2 atom stereocenters. The maximum atomic E-state index is 13.1. The molecule has 0 fully saturated rings. The number of aryl methyl sites for hydroxylation is 1. The van der Waals surface area contributed by atoms with E-state index < -0.39 is 6.10 Å². The molecule has 0 spiro atoms. The van der Waals surface area contributed by atoms with Crippen molar-refractivity contribution in [1.82, 2.24) is 5.32 Å². The number of para-hydroxylation sites is 1. The van der Waals surface area contributed by atoms with Crippen LogP contribution >= 0.6 is 0 Å². The van der Waals surface area contributed by atoms with E-state index in [4.69, 9.17) is 9.47 Å². The number of carbonyl (C=O) groups excluding carboxylic acids is 1. The number of nitrogens with one attached hydrogen (secondary N) is 1. The van der Waals surface area contributed by atoms with Crippen LogP contribution in [-0.2, 0) is 4.79 Å². The summed E-state index contributed by atoms with van der Waals surface area (Å²) in [6, 6.07) is 14.1. The molecular weight excluding hydrogens is 374 g/mol. The van der Waals surface area contributed by atoms with E-state index in [1.165, 1.54) is 0 Å². The molecular formula is C26H35NO3. The molecule has 1 heterocycles. The van der Waals surface area contributed by atoms with Crippen molar-refractivity contribution in [3.8, 4) is 11.5 Å². The lowest BCUT2D eigenvalue weighted by molar-refractivity contribution is -0.128. The zero-order valence-corrected chi connectivity index (χ0v) is 19.1. The Kier molecular flexibility index (Phi) is 6.74. The minimum atomic E-state index is -0.586. The second-order valence-electron chi connectivity index (χ2n) is 8.75. The molecule has 1 amide bonds. The van der Waals surface area contributed by atoms with Crippen molar-refractivity contribution < 1.29 is 14.3 Å². The van der Waals surface area contributed by atoms with Crippen LogP contribution in [0.1, 0.15) is 82.5 Å². The first kappa shape index (κ1) is 22.2. The average Bonchev–Trinajstić information content (AvgIpc) is 2.73. The van der Waals surface area contributed by atoms with Gasteiger partial charge in [-0.25, -0.2) is 0 Å². The van der Waals surface area contributed by atoms with Crippen molar-refractivity contribution >= 4 is 5.91 Å². The molecule has 0 unspecified atom stereocenters. The fourth-order valence-corrected chi connectivity index (χ4v) is 4.18. The maximum Gasteiger partial charge on any atom is 0.261 e.